The second-order valence-corrected chi connectivity index (χ2v) is 13.6. The molecule has 0 aliphatic heterocycles. The van der Waals surface area contributed by atoms with Crippen molar-refractivity contribution in [2.75, 3.05) is 9.80 Å². The van der Waals surface area contributed by atoms with Crippen LogP contribution in [0.25, 0.3) is 40.3 Å². The van der Waals surface area contributed by atoms with Crippen molar-refractivity contribution >= 4 is 97.1 Å². The van der Waals surface area contributed by atoms with E-state index in [-0.39, 0.29) is 0 Å². The predicted molar refractivity (Wildman–Crippen MR) is 202 cm³/mol. The number of fused-ring (bicyclic) bond motifs is 6. The number of rotatable bonds is 6. The number of nitrogens with zero attached hydrogens (tertiary/aromatic N) is 2. The van der Waals surface area contributed by atoms with Crippen LogP contribution in [-0.4, -0.2) is 0 Å². The molecule has 0 aliphatic rings. The van der Waals surface area contributed by atoms with Gasteiger partial charge in [-0.05, 0) is 97.1 Å². The third kappa shape index (κ3) is 4.62. The zero-order chi connectivity index (χ0) is 30.5. The summed E-state index contributed by atoms with van der Waals surface area (Å²) in [6.45, 7) is 0. The molecule has 0 fully saturated rings. The summed E-state index contributed by atoms with van der Waals surface area (Å²) in [6, 6.07) is 61.2. The van der Waals surface area contributed by atoms with Gasteiger partial charge in [-0.2, -0.15) is 0 Å². The highest BCUT2D eigenvalue weighted by molar-refractivity contribution is 7.27. The lowest BCUT2D eigenvalue weighted by atomic mass is 10.1. The number of hydrogen-bond acceptors (Lipinski definition) is 4. The smallest absolute Gasteiger partial charge is 0.0468 e. The van der Waals surface area contributed by atoms with Gasteiger partial charge in [-0.15, -0.1) is 22.7 Å². The number of anilines is 6. The molecule has 2 heterocycles. The second-order valence-electron chi connectivity index (χ2n) is 11.4. The summed E-state index contributed by atoms with van der Waals surface area (Å²) >= 11 is 3.76. The van der Waals surface area contributed by atoms with Crippen molar-refractivity contribution in [2.24, 2.45) is 0 Å². The second kappa shape index (κ2) is 11.2. The molecule has 2 nitrogen and oxygen atoms in total. The van der Waals surface area contributed by atoms with Gasteiger partial charge in [0, 0.05) is 74.5 Å². The Morgan fingerprint density at radius 3 is 0.891 bits per heavy atom. The number of benzene rings is 7. The summed E-state index contributed by atoms with van der Waals surface area (Å²) < 4.78 is 5.25. The van der Waals surface area contributed by atoms with Gasteiger partial charge in [0.05, 0.1) is 0 Å². The fourth-order valence-corrected chi connectivity index (χ4v) is 8.72. The van der Waals surface area contributed by atoms with Gasteiger partial charge in [0.25, 0.3) is 0 Å². The number of para-hydroxylation sites is 4. The molecule has 218 valence electrons. The van der Waals surface area contributed by atoms with Crippen molar-refractivity contribution in [3.8, 4) is 0 Å². The minimum atomic E-state index is 1.15. The van der Waals surface area contributed by atoms with E-state index in [4.69, 9.17) is 0 Å². The zero-order valence-corrected chi connectivity index (χ0v) is 26.5. The average Bonchev–Trinajstić information content (AvgIpc) is 3.66. The highest BCUT2D eigenvalue weighted by Gasteiger charge is 2.17. The molecule has 0 bridgehead atoms. The first-order valence-corrected chi connectivity index (χ1v) is 17.1. The molecule has 2 aromatic heterocycles. The Labute approximate surface area is 275 Å². The molecule has 0 atom stereocenters. The number of thiophene rings is 2. The van der Waals surface area contributed by atoms with Crippen LogP contribution in [0.15, 0.2) is 170 Å². The van der Waals surface area contributed by atoms with E-state index in [0.717, 1.165) is 34.1 Å². The van der Waals surface area contributed by atoms with Gasteiger partial charge in [0.2, 0.25) is 0 Å². The Morgan fingerprint density at radius 2 is 0.565 bits per heavy atom. The van der Waals surface area contributed by atoms with Gasteiger partial charge >= 0.3 is 0 Å². The van der Waals surface area contributed by atoms with Crippen LogP contribution in [0.1, 0.15) is 0 Å². The Morgan fingerprint density at radius 1 is 0.261 bits per heavy atom. The van der Waals surface area contributed by atoms with Crippen molar-refractivity contribution in [3.05, 3.63) is 170 Å². The van der Waals surface area contributed by atoms with Crippen LogP contribution in [0.4, 0.5) is 34.1 Å². The molecule has 0 amide bonds. The SMILES string of the molecule is c1ccc(N(c2ccccc2)c2ccc3sc4cc5c(cc4c3c2)sc2ccc(N(c3ccccc3)c3ccccc3)cc25)cc1. The van der Waals surface area contributed by atoms with Crippen LogP contribution >= 0.6 is 22.7 Å². The van der Waals surface area contributed by atoms with E-state index in [1.165, 1.54) is 40.3 Å². The molecule has 0 radical (unpaired) electrons. The van der Waals surface area contributed by atoms with E-state index in [1.54, 1.807) is 0 Å². The first kappa shape index (κ1) is 26.9. The molecule has 0 N–H and O–H groups in total. The summed E-state index contributed by atoms with van der Waals surface area (Å²) in [7, 11) is 0. The highest BCUT2D eigenvalue weighted by atomic mass is 32.1. The normalized spacial score (nSPS) is 11.5. The molecule has 4 heteroatoms. The molecule has 0 saturated carbocycles. The summed E-state index contributed by atoms with van der Waals surface area (Å²) in [5, 5.41) is 5.23. The van der Waals surface area contributed by atoms with Crippen molar-refractivity contribution < 1.29 is 0 Å². The molecule has 0 unspecified atom stereocenters. The van der Waals surface area contributed by atoms with Gasteiger partial charge in [-0.3, -0.25) is 0 Å². The zero-order valence-electron chi connectivity index (χ0n) is 24.9. The minimum absolute atomic E-state index is 1.15. The Bertz CT molecular complexity index is 2210. The van der Waals surface area contributed by atoms with Crippen molar-refractivity contribution in [2.45, 2.75) is 0 Å². The van der Waals surface area contributed by atoms with E-state index in [2.05, 4.69) is 180 Å². The quantitative estimate of drug-likeness (QED) is 0.182. The van der Waals surface area contributed by atoms with E-state index in [1.807, 2.05) is 22.7 Å². The molecule has 46 heavy (non-hydrogen) atoms. The van der Waals surface area contributed by atoms with Crippen LogP contribution in [-0.2, 0) is 0 Å². The van der Waals surface area contributed by atoms with Crippen LogP contribution in [0.2, 0.25) is 0 Å². The first-order valence-electron chi connectivity index (χ1n) is 15.4. The predicted octanol–water partition coefficient (Wildman–Crippen LogP) is 13.4. The summed E-state index contributed by atoms with van der Waals surface area (Å²) in [5.41, 5.74) is 6.91. The molecule has 9 aromatic rings. The summed E-state index contributed by atoms with van der Waals surface area (Å²) in [6.07, 6.45) is 0. The third-order valence-electron chi connectivity index (χ3n) is 8.60. The molecule has 0 saturated heterocycles. The highest BCUT2D eigenvalue weighted by Crippen LogP contribution is 2.45. The number of hydrogen-bond donors (Lipinski definition) is 0. The van der Waals surface area contributed by atoms with Gasteiger partial charge < -0.3 is 9.80 Å². The van der Waals surface area contributed by atoms with E-state index in [9.17, 15) is 0 Å². The van der Waals surface area contributed by atoms with Gasteiger partial charge in [0.1, 0.15) is 0 Å². The van der Waals surface area contributed by atoms with Crippen LogP contribution in [0.5, 0.6) is 0 Å². The molecular formula is C42H28N2S2. The first-order chi connectivity index (χ1) is 22.8. The third-order valence-corrected chi connectivity index (χ3v) is 10.9. The molecule has 7 aromatic carbocycles. The Kier molecular flexibility index (Phi) is 6.55. The fourth-order valence-electron chi connectivity index (χ4n) is 6.50. The fraction of sp³-hybridized carbons (Fsp3) is 0. The topological polar surface area (TPSA) is 6.48 Å². The Hall–Kier alpha value is -5.42. The van der Waals surface area contributed by atoms with Crippen LogP contribution < -0.4 is 9.80 Å². The average molecular weight is 625 g/mol. The maximum absolute atomic E-state index is 2.42. The molecule has 0 aliphatic carbocycles. The Balaban J connectivity index is 1.19. The maximum Gasteiger partial charge on any atom is 0.0468 e. The van der Waals surface area contributed by atoms with Crippen molar-refractivity contribution in [1.82, 2.24) is 0 Å². The summed E-state index contributed by atoms with van der Waals surface area (Å²) in [5.74, 6) is 0. The van der Waals surface area contributed by atoms with E-state index in [0.29, 0.717) is 0 Å². The molecular weight excluding hydrogens is 597 g/mol. The lowest BCUT2D eigenvalue weighted by molar-refractivity contribution is 1.29. The van der Waals surface area contributed by atoms with E-state index >= 15 is 0 Å². The van der Waals surface area contributed by atoms with Gasteiger partial charge in [-0.25, -0.2) is 0 Å². The summed E-state index contributed by atoms with van der Waals surface area (Å²) in [4.78, 5) is 4.68. The van der Waals surface area contributed by atoms with Crippen molar-refractivity contribution in [1.29, 1.82) is 0 Å². The molecule has 0 spiro atoms. The maximum atomic E-state index is 2.42. The van der Waals surface area contributed by atoms with Crippen LogP contribution in [0.3, 0.4) is 0 Å². The van der Waals surface area contributed by atoms with Gasteiger partial charge in [-0.1, -0.05) is 72.8 Å². The monoisotopic (exact) mass is 624 g/mol. The standard InChI is InChI=1S/C42H28N2S2/c1-5-13-29(14-6-1)43(30-15-7-2-8-16-30)33-21-23-39-35(25-33)37-27-42-38(28-41(37)45-39)36-26-34(22-24-40(36)46-42)44(31-17-9-3-10-18-31)32-19-11-4-12-20-32/h1-28H. The van der Waals surface area contributed by atoms with Crippen LogP contribution in [0, 0.1) is 0 Å². The van der Waals surface area contributed by atoms with Crippen molar-refractivity contribution in [3.63, 3.8) is 0 Å². The minimum Gasteiger partial charge on any atom is -0.310 e. The lowest BCUT2D eigenvalue weighted by Gasteiger charge is -2.25. The lowest BCUT2D eigenvalue weighted by Crippen LogP contribution is -2.09. The largest absolute Gasteiger partial charge is 0.310 e. The van der Waals surface area contributed by atoms with Gasteiger partial charge in [0.15, 0.2) is 0 Å². The van der Waals surface area contributed by atoms with E-state index < -0.39 is 0 Å². The molecule has 9 rings (SSSR count).